The zero-order chi connectivity index (χ0) is 15.2. The third kappa shape index (κ3) is 4.69. The fourth-order valence-electron chi connectivity index (χ4n) is 1.65. The second-order valence-electron chi connectivity index (χ2n) is 3.62. The molecule has 0 spiro atoms. The SMILES string of the molecule is CCc1cccc(CS(=O)O)c1S(=O)(=O)OCOP=O. The van der Waals surface area contributed by atoms with E-state index in [1.165, 1.54) is 6.07 Å². The van der Waals surface area contributed by atoms with E-state index >= 15 is 0 Å². The minimum absolute atomic E-state index is 0.143. The molecule has 1 atom stereocenters. The Morgan fingerprint density at radius 2 is 2.00 bits per heavy atom. The molecule has 0 aliphatic heterocycles. The van der Waals surface area contributed by atoms with Crippen LogP contribution in [-0.2, 0) is 46.6 Å². The monoisotopic (exact) mass is 340 g/mol. The summed E-state index contributed by atoms with van der Waals surface area (Å²) < 4.78 is 63.0. The molecule has 0 aliphatic carbocycles. The largest absolute Gasteiger partial charge is 0.329 e. The van der Waals surface area contributed by atoms with Crippen molar-refractivity contribution in [2.24, 2.45) is 0 Å². The van der Waals surface area contributed by atoms with E-state index in [0.29, 0.717) is 12.0 Å². The summed E-state index contributed by atoms with van der Waals surface area (Å²) in [4.78, 5) is -0.143. The molecule has 0 aliphatic rings. The summed E-state index contributed by atoms with van der Waals surface area (Å²) in [6.45, 7) is 1.05. The van der Waals surface area contributed by atoms with E-state index in [2.05, 4.69) is 8.71 Å². The molecular formula is C10H13O7PS2. The van der Waals surface area contributed by atoms with Crippen molar-refractivity contribution in [2.75, 3.05) is 6.79 Å². The number of benzene rings is 1. The Balaban J connectivity index is 3.24. The fourth-order valence-corrected chi connectivity index (χ4v) is 3.70. The maximum atomic E-state index is 12.1. The van der Waals surface area contributed by atoms with Gasteiger partial charge in [-0.05, 0) is 17.5 Å². The molecule has 1 rings (SSSR count). The molecule has 1 aromatic rings. The summed E-state index contributed by atoms with van der Waals surface area (Å²) in [5.74, 6) is -0.327. The second kappa shape index (κ2) is 7.92. The molecule has 0 aromatic heterocycles. The van der Waals surface area contributed by atoms with Gasteiger partial charge in [-0.1, -0.05) is 25.1 Å². The van der Waals surface area contributed by atoms with Crippen LogP contribution in [0, 0.1) is 0 Å². The highest BCUT2D eigenvalue weighted by molar-refractivity contribution is 7.87. The quantitative estimate of drug-likeness (QED) is 0.253. The maximum absolute atomic E-state index is 12.1. The Hall–Kier alpha value is -0.700. The molecular weight excluding hydrogens is 327 g/mol. The Bertz CT molecular complexity index is 600. The molecule has 112 valence electrons. The van der Waals surface area contributed by atoms with Crippen molar-refractivity contribution in [3.05, 3.63) is 29.3 Å². The first-order valence-corrected chi connectivity index (χ1v) is 8.86. The number of rotatable bonds is 8. The van der Waals surface area contributed by atoms with Gasteiger partial charge < -0.3 is 4.55 Å². The Morgan fingerprint density at radius 1 is 1.35 bits per heavy atom. The lowest BCUT2D eigenvalue weighted by Crippen LogP contribution is -2.13. The summed E-state index contributed by atoms with van der Waals surface area (Å²) in [6.07, 6.45) is 0.407. The van der Waals surface area contributed by atoms with Crippen molar-refractivity contribution in [3.8, 4) is 0 Å². The number of hydrogen-bond acceptors (Lipinski definition) is 6. The molecule has 20 heavy (non-hydrogen) atoms. The van der Waals surface area contributed by atoms with Crippen LogP contribution in [0.15, 0.2) is 23.1 Å². The molecule has 0 bridgehead atoms. The molecule has 1 N–H and O–H groups in total. The van der Waals surface area contributed by atoms with Crippen molar-refractivity contribution in [1.29, 1.82) is 0 Å². The maximum Gasteiger partial charge on any atom is 0.329 e. The van der Waals surface area contributed by atoms with Gasteiger partial charge in [-0.3, -0.25) is 4.52 Å². The number of aryl methyl sites for hydroxylation is 1. The van der Waals surface area contributed by atoms with Crippen molar-refractivity contribution in [1.82, 2.24) is 0 Å². The van der Waals surface area contributed by atoms with E-state index < -0.39 is 36.7 Å². The summed E-state index contributed by atoms with van der Waals surface area (Å²) in [5.41, 5.74) is 0.650. The first kappa shape index (κ1) is 17.4. The second-order valence-corrected chi connectivity index (χ2v) is 6.51. The lowest BCUT2D eigenvalue weighted by atomic mass is 10.1. The smallest absolute Gasteiger partial charge is 0.306 e. The average molecular weight is 340 g/mol. The van der Waals surface area contributed by atoms with Crippen LogP contribution in [0.4, 0.5) is 0 Å². The van der Waals surface area contributed by atoms with E-state index in [0.717, 1.165) is 0 Å². The lowest BCUT2D eigenvalue weighted by molar-refractivity contribution is 0.139. The van der Waals surface area contributed by atoms with Gasteiger partial charge in [0.1, 0.15) is 4.90 Å². The van der Waals surface area contributed by atoms with Gasteiger partial charge in [0.25, 0.3) is 10.1 Å². The zero-order valence-electron chi connectivity index (χ0n) is 10.5. The van der Waals surface area contributed by atoms with Crippen molar-refractivity contribution in [2.45, 2.75) is 24.0 Å². The number of hydrogen-bond donors (Lipinski definition) is 1. The van der Waals surface area contributed by atoms with Crippen LogP contribution < -0.4 is 0 Å². The fraction of sp³-hybridized carbons (Fsp3) is 0.400. The first-order valence-electron chi connectivity index (χ1n) is 5.44. The average Bonchev–Trinajstić information content (AvgIpc) is 2.37. The molecule has 0 radical (unpaired) electrons. The Labute approximate surface area is 121 Å². The standard InChI is InChI=1S/C10H13O7PS2/c1-2-8-4-3-5-9(6-19(12)13)10(8)20(14,15)17-7-16-18-11/h3-5H,2,6-7H2,1H3,(H,12,13). The molecule has 0 saturated carbocycles. The Morgan fingerprint density at radius 3 is 2.55 bits per heavy atom. The predicted octanol–water partition coefficient (Wildman–Crippen LogP) is 1.86. The molecule has 1 unspecified atom stereocenters. The van der Waals surface area contributed by atoms with Gasteiger partial charge in [-0.15, -0.1) is 0 Å². The predicted molar refractivity (Wildman–Crippen MR) is 72.1 cm³/mol. The van der Waals surface area contributed by atoms with Crippen LogP contribution >= 0.6 is 8.69 Å². The molecule has 1 aromatic carbocycles. The van der Waals surface area contributed by atoms with E-state index in [1.54, 1.807) is 19.1 Å². The normalized spacial score (nSPS) is 13.5. The molecule has 0 heterocycles. The molecule has 0 amide bonds. The Kier molecular flexibility index (Phi) is 6.87. The van der Waals surface area contributed by atoms with Gasteiger partial charge in [0, 0.05) is 0 Å². The summed E-state index contributed by atoms with van der Waals surface area (Å²) in [5, 5.41) is 0. The van der Waals surface area contributed by atoms with E-state index in [-0.39, 0.29) is 16.2 Å². The molecule has 0 saturated heterocycles. The van der Waals surface area contributed by atoms with Gasteiger partial charge in [-0.25, -0.2) is 13.0 Å². The van der Waals surface area contributed by atoms with Crippen molar-refractivity contribution >= 4 is 29.9 Å². The summed E-state index contributed by atoms with van der Waals surface area (Å²) in [6, 6.07) is 4.63. The molecule has 10 heteroatoms. The van der Waals surface area contributed by atoms with Crippen LogP contribution in [0.1, 0.15) is 18.1 Å². The van der Waals surface area contributed by atoms with Crippen LogP contribution in [-0.4, -0.2) is 24.0 Å². The topological polar surface area (TPSA) is 107 Å². The highest BCUT2D eigenvalue weighted by Crippen LogP contribution is 2.25. The zero-order valence-corrected chi connectivity index (χ0v) is 13.0. The van der Waals surface area contributed by atoms with Gasteiger partial charge in [0.15, 0.2) is 17.9 Å². The lowest BCUT2D eigenvalue weighted by Gasteiger charge is -2.13. The van der Waals surface area contributed by atoms with E-state index in [1.807, 2.05) is 0 Å². The van der Waals surface area contributed by atoms with Crippen LogP contribution in [0.3, 0.4) is 0 Å². The highest BCUT2D eigenvalue weighted by atomic mass is 32.2. The summed E-state index contributed by atoms with van der Waals surface area (Å²) in [7, 11) is -4.87. The molecule has 7 nitrogen and oxygen atoms in total. The van der Waals surface area contributed by atoms with Crippen molar-refractivity contribution < 1.29 is 30.5 Å². The van der Waals surface area contributed by atoms with E-state index in [4.69, 9.17) is 4.55 Å². The minimum atomic E-state index is -4.17. The molecule has 0 fully saturated rings. The van der Waals surface area contributed by atoms with Gasteiger partial charge in [0.2, 0.25) is 0 Å². The highest BCUT2D eigenvalue weighted by Gasteiger charge is 2.24. The van der Waals surface area contributed by atoms with Crippen LogP contribution in [0.5, 0.6) is 0 Å². The minimum Gasteiger partial charge on any atom is -0.306 e. The van der Waals surface area contributed by atoms with Gasteiger partial charge >= 0.3 is 8.69 Å². The summed E-state index contributed by atoms with van der Waals surface area (Å²) >= 11 is -2.18. The van der Waals surface area contributed by atoms with E-state index in [9.17, 15) is 17.2 Å². The van der Waals surface area contributed by atoms with Crippen molar-refractivity contribution in [3.63, 3.8) is 0 Å². The van der Waals surface area contributed by atoms with Crippen LogP contribution in [0.2, 0.25) is 0 Å². The van der Waals surface area contributed by atoms with Crippen LogP contribution in [0.25, 0.3) is 0 Å². The van der Waals surface area contributed by atoms with Gasteiger partial charge in [-0.2, -0.15) is 8.42 Å². The third-order valence-corrected chi connectivity index (χ3v) is 4.60. The first-order chi connectivity index (χ1) is 9.42. The van der Waals surface area contributed by atoms with Gasteiger partial charge in [0.05, 0.1) is 5.75 Å². The third-order valence-electron chi connectivity index (χ3n) is 2.40.